The molecule has 102 valence electrons. The standard InChI is InChI=1S/C14H29NO2/c1-3-8-15-14(5-4-9-16-2)12-13-6-10-17-11-7-13/h13-15H,3-12H2,1-2H3. The highest BCUT2D eigenvalue weighted by Gasteiger charge is 2.18. The quantitative estimate of drug-likeness (QED) is 0.631. The summed E-state index contributed by atoms with van der Waals surface area (Å²) in [7, 11) is 1.78. The Kier molecular flexibility index (Phi) is 8.67. The SMILES string of the molecule is CCCNC(CCCOC)CC1CCOCC1. The number of rotatable bonds is 9. The summed E-state index contributed by atoms with van der Waals surface area (Å²) in [5, 5.41) is 3.68. The van der Waals surface area contributed by atoms with Crippen molar-refractivity contribution in [2.24, 2.45) is 5.92 Å². The first-order chi connectivity index (χ1) is 8.36. The zero-order valence-corrected chi connectivity index (χ0v) is 11.5. The van der Waals surface area contributed by atoms with Crippen LogP contribution in [0.1, 0.15) is 45.4 Å². The Hall–Kier alpha value is -0.120. The summed E-state index contributed by atoms with van der Waals surface area (Å²) >= 11 is 0. The molecule has 0 amide bonds. The highest BCUT2D eigenvalue weighted by Crippen LogP contribution is 2.21. The Morgan fingerprint density at radius 2 is 2.12 bits per heavy atom. The first-order valence-electron chi connectivity index (χ1n) is 7.16. The molecule has 0 radical (unpaired) electrons. The molecule has 0 aromatic rings. The minimum Gasteiger partial charge on any atom is -0.385 e. The molecule has 1 rings (SSSR count). The van der Waals surface area contributed by atoms with Crippen molar-refractivity contribution in [2.45, 2.75) is 51.5 Å². The lowest BCUT2D eigenvalue weighted by Crippen LogP contribution is -2.33. The molecule has 3 heteroatoms. The first-order valence-corrected chi connectivity index (χ1v) is 7.16. The van der Waals surface area contributed by atoms with Crippen molar-refractivity contribution in [3.63, 3.8) is 0 Å². The van der Waals surface area contributed by atoms with Gasteiger partial charge in [-0.2, -0.15) is 0 Å². The van der Waals surface area contributed by atoms with E-state index in [-0.39, 0.29) is 0 Å². The van der Waals surface area contributed by atoms with Crippen LogP contribution in [0.5, 0.6) is 0 Å². The first kappa shape index (κ1) is 14.9. The van der Waals surface area contributed by atoms with Crippen molar-refractivity contribution >= 4 is 0 Å². The fraction of sp³-hybridized carbons (Fsp3) is 1.00. The molecule has 1 unspecified atom stereocenters. The Bertz CT molecular complexity index is 170. The third-order valence-corrected chi connectivity index (χ3v) is 3.54. The van der Waals surface area contributed by atoms with E-state index < -0.39 is 0 Å². The fourth-order valence-electron chi connectivity index (χ4n) is 2.51. The van der Waals surface area contributed by atoms with Gasteiger partial charge in [0.05, 0.1) is 0 Å². The average molecular weight is 243 g/mol. The van der Waals surface area contributed by atoms with Crippen LogP contribution in [0.4, 0.5) is 0 Å². The second-order valence-electron chi connectivity index (χ2n) is 5.08. The highest BCUT2D eigenvalue weighted by molar-refractivity contribution is 4.74. The van der Waals surface area contributed by atoms with Crippen molar-refractivity contribution in [1.29, 1.82) is 0 Å². The lowest BCUT2D eigenvalue weighted by Gasteiger charge is -2.27. The normalized spacial score (nSPS) is 19.4. The molecule has 0 aromatic heterocycles. The minimum atomic E-state index is 0.674. The van der Waals surface area contributed by atoms with Crippen LogP contribution in [0.3, 0.4) is 0 Å². The Morgan fingerprint density at radius 1 is 1.35 bits per heavy atom. The maximum absolute atomic E-state index is 5.42. The smallest absolute Gasteiger partial charge is 0.0468 e. The van der Waals surface area contributed by atoms with Crippen LogP contribution in [0.15, 0.2) is 0 Å². The van der Waals surface area contributed by atoms with E-state index in [9.17, 15) is 0 Å². The zero-order chi connectivity index (χ0) is 12.3. The molecular weight excluding hydrogens is 214 g/mol. The molecule has 1 saturated heterocycles. The second kappa shape index (κ2) is 9.86. The topological polar surface area (TPSA) is 30.5 Å². The van der Waals surface area contributed by atoms with E-state index in [1.54, 1.807) is 7.11 Å². The van der Waals surface area contributed by atoms with Gasteiger partial charge in [0, 0.05) is 33.0 Å². The third kappa shape index (κ3) is 7.02. The molecule has 3 nitrogen and oxygen atoms in total. The van der Waals surface area contributed by atoms with Crippen LogP contribution in [0.2, 0.25) is 0 Å². The van der Waals surface area contributed by atoms with E-state index in [2.05, 4.69) is 12.2 Å². The van der Waals surface area contributed by atoms with Crippen LogP contribution < -0.4 is 5.32 Å². The van der Waals surface area contributed by atoms with E-state index in [0.717, 1.165) is 32.3 Å². The minimum absolute atomic E-state index is 0.674. The lowest BCUT2D eigenvalue weighted by atomic mass is 9.90. The molecule has 0 aromatic carbocycles. The Balaban J connectivity index is 2.22. The van der Waals surface area contributed by atoms with Gasteiger partial charge in [-0.3, -0.25) is 0 Å². The van der Waals surface area contributed by atoms with Crippen molar-refractivity contribution in [3.05, 3.63) is 0 Å². The molecule has 0 saturated carbocycles. The van der Waals surface area contributed by atoms with Crippen molar-refractivity contribution in [1.82, 2.24) is 5.32 Å². The van der Waals surface area contributed by atoms with Crippen LogP contribution in [-0.4, -0.2) is 39.5 Å². The van der Waals surface area contributed by atoms with Gasteiger partial charge in [-0.1, -0.05) is 6.92 Å². The molecule has 1 aliphatic rings. The molecule has 1 N–H and O–H groups in total. The summed E-state index contributed by atoms with van der Waals surface area (Å²) in [6, 6.07) is 0.674. The molecule has 0 bridgehead atoms. The monoisotopic (exact) mass is 243 g/mol. The van der Waals surface area contributed by atoms with Crippen LogP contribution in [-0.2, 0) is 9.47 Å². The Labute approximate surface area is 106 Å². The van der Waals surface area contributed by atoms with Gasteiger partial charge in [0.1, 0.15) is 0 Å². The molecule has 17 heavy (non-hydrogen) atoms. The van der Waals surface area contributed by atoms with Gasteiger partial charge >= 0.3 is 0 Å². The van der Waals surface area contributed by atoms with Crippen molar-refractivity contribution in [3.8, 4) is 0 Å². The number of hydrogen-bond donors (Lipinski definition) is 1. The number of methoxy groups -OCH3 is 1. The molecule has 1 heterocycles. The van der Waals surface area contributed by atoms with Crippen LogP contribution in [0, 0.1) is 5.92 Å². The van der Waals surface area contributed by atoms with Crippen LogP contribution >= 0.6 is 0 Å². The Morgan fingerprint density at radius 3 is 2.76 bits per heavy atom. The summed E-state index contributed by atoms with van der Waals surface area (Å²) in [5.41, 5.74) is 0. The maximum Gasteiger partial charge on any atom is 0.0468 e. The predicted octanol–water partition coefficient (Wildman–Crippen LogP) is 2.60. The van der Waals surface area contributed by atoms with Gasteiger partial charge in [-0.15, -0.1) is 0 Å². The summed E-state index contributed by atoms with van der Waals surface area (Å²) in [6.45, 7) is 6.18. The predicted molar refractivity (Wildman–Crippen MR) is 71.4 cm³/mol. The van der Waals surface area contributed by atoms with E-state index in [0.29, 0.717) is 6.04 Å². The fourth-order valence-corrected chi connectivity index (χ4v) is 2.51. The van der Waals surface area contributed by atoms with E-state index >= 15 is 0 Å². The molecule has 1 fully saturated rings. The van der Waals surface area contributed by atoms with E-state index in [1.165, 1.54) is 38.5 Å². The van der Waals surface area contributed by atoms with Crippen LogP contribution in [0.25, 0.3) is 0 Å². The number of hydrogen-bond acceptors (Lipinski definition) is 3. The van der Waals surface area contributed by atoms with Gasteiger partial charge in [0.2, 0.25) is 0 Å². The van der Waals surface area contributed by atoms with Crippen molar-refractivity contribution < 1.29 is 9.47 Å². The van der Waals surface area contributed by atoms with Crippen molar-refractivity contribution in [2.75, 3.05) is 33.5 Å². The van der Waals surface area contributed by atoms with Gasteiger partial charge in [-0.05, 0) is 51.0 Å². The largest absolute Gasteiger partial charge is 0.385 e. The number of ether oxygens (including phenoxy) is 2. The van der Waals surface area contributed by atoms with Gasteiger partial charge in [0.25, 0.3) is 0 Å². The molecule has 0 aliphatic carbocycles. The second-order valence-corrected chi connectivity index (χ2v) is 5.08. The molecule has 1 aliphatic heterocycles. The van der Waals surface area contributed by atoms with Gasteiger partial charge in [0.15, 0.2) is 0 Å². The van der Waals surface area contributed by atoms with E-state index in [1.807, 2.05) is 0 Å². The third-order valence-electron chi connectivity index (χ3n) is 3.54. The highest BCUT2D eigenvalue weighted by atomic mass is 16.5. The summed E-state index contributed by atoms with van der Waals surface area (Å²) in [4.78, 5) is 0. The van der Waals surface area contributed by atoms with E-state index in [4.69, 9.17) is 9.47 Å². The summed E-state index contributed by atoms with van der Waals surface area (Å²) in [5.74, 6) is 0.862. The maximum atomic E-state index is 5.42. The lowest BCUT2D eigenvalue weighted by molar-refractivity contribution is 0.0597. The van der Waals surface area contributed by atoms with Gasteiger partial charge in [-0.25, -0.2) is 0 Å². The molecular formula is C14H29NO2. The average Bonchev–Trinajstić information content (AvgIpc) is 2.37. The molecule has 0 spiro atoms. The molecule has 1 atom stereocenters. The zero-order valence-electron chi connectivity index (χ0n) is 11.5. The number of nitrogens with one attached hydrogen (secondary N) is 1. The van der Waals surface area contributed by atoms with Gasteiger partial charge < -0.3 is 14.8 Å². The summed E-state index contributed by atoms with van der Waals surface area (Å²) < 4.78 is 10.6. The summed E-state index contributed by atoms with van der Waals surface area (Å²) in [6.07, 6.45) is 7.43.